The molecule has 1 unspecified atom stereocenters. The van der Waals surface area contributed by atoms with E-state index < -0.39 is 18.0 Å². The highest BCUT2D eigenvalue weighted by molar-refractivity contribution is 6.31. The maximum absolute atomic E-state index is 13.5. The van der Waals surface area contributed by atoms with E-state index >= 15 is 0 Å². The highest BCUT2D eigenvalue weighted by atomic mass is 35.5. The van der Waals surface area contributed by atoms with Gasteiger partial charge in [0.25, 0.3) is 5.91 Å². The Morgan fingerprint density at radius 3 is 2.62 bits per heavy atom. The first-order chi connectivity index (χ1) is 13.5. The van der Waals surface area contributed by atoms with Crippen LogP contribution in [0, 0.1) is 12.7 Å². The van der Waals surface area contributed by atoms with E-state index in [-0.39, 0.29) is 23.0 Å². The zero-order valence-electron chi connectivity index (χ0n) is 17.0. The molecule has 0 saturated carbocycles. The number of anilines is 2. The van der Waals surface area contributed by atoms with Crippen LogP contribution < -0.4 is 9.80 Å². The van der Waals surface area contributed by atoms with Crippen molar-refractivity contribution in [3.63, 3.8) is 0 Å². The molecule has 0 radical (unpaired) electrons. The number of rotatable bonds is 3. The molecule has 0 N–H and O–H groups in total. The van der Waals surface area contributed by atoms with E-state index in [0.717, 1.165) is 11.3 Å². The average Bonchev–Trinajstić information content (AvgIpc) is 3.03. The van der Waals surface area contributed by atoms with Gasteiger partial charge in [-0.3, -0.25) is 4.79 Å². The number of nitrogens with zero attached hydrogens (tertiary/aromatic N) is 3. The Balaban J connectivity index is 1.95. The first-order valence-electron chi connectivity index (χ1n) is 9.17. The number of aryl methyl sites for hydroxylation is 1. The number of likely N-dealkylation sites (N-methyl/N-ethyl adjacent to an activating group) is 1. The molecule has 3 rings (SSSR count). The summed E-state index contributed by atoms with van der Waals surface area (Å²) in [6.07, 6.45) is -0.633. The van der Waals surface area contributed by atoms with Crippen molar-refractivity contribution in [1.29, 1.82) is 0 Å². The van der Waals surface area contributed by atoms with Gasteiger partial charge in [0.2, 0.25) is 0 Å². The molecule has 1 aromatic heterocycles. The van der Waals surface area contributed by atoms with E-state index in [1.54, 1.807) is 6.07 Å². The summed E-state index contributed by atoms with van der Waals surface area (Å²) in [6, 6.07) is 6.86. The van der Waals surface area contributed by atoms with Crippen LogP contribution in [-0.2, 0) is 14.9 Å². The molecule has 154 valence electrons. The summed E-state index contributed by atoms with van der Waals surface area (Å²) in [5.74, 6) is -0.601. The maximum atomic E-state index is 13.5. The molecule has 2 amide bonds. The lowest BCUT2D eigenvalue weighted by molar-refractivity contribution is -0.119. The molecule has 8 heteroatoms. The molecule has 0 bridgehead atoms. The molecule has 0 spiro atoms. The van der Waals surface area contributed by atoms with Crippen molar-refractivity contribution in [2.45, 2.75) is 39.2 Å². The Morgan fingerprint density at radius 1 is 1.31 bits per heavy atom. The zero-order valence-corrected chi connectivity index (χ0v) is 17.7. The van der Waals surface area contributed by atoms with Crippen molar-refractivity contribution in [2.75, 3.05) is 23.5 Å². The average molecular weight is 420 g/mol. The van der Waals surface area contributed by atoms with Gasteiger partial charge >= 0.3 is 6.09 Å². The van der Waals surface area contributed by atoms with E-state index in [1.807, 2.05) is 13.0 Å². The molecule has 1 aliphatic heterocycles. The number of benzene rings is 1. The van der Waals surface area contributed by atoms with E-state index in [4.69, 9.17) is 16.3 Å². The summed E-state index contributed by atoms with van der Waals surface area (Å²) < 4.78 is 18.6. The second-order valence-corrected chi connectivity index (χ2v) is 8.47. The number of carbonyl (C=O) groups excluding carboxylic acids is 2. The van der Waals surface area contributed by atoms with Gasteiger partial charge in [-0.2, -0.15) is 0 Å². The van der Waals surface area contributed by atoms with Gasteiger partial charge in [0.05, 0.1) is 5.02 Å². The van der Waals surface area contributed by atoms with E-state index in [2.05, 4.69) is 25.8 Å². The molecule has 29 heavy (non-hydrogen) atoms. The Morgan fingerprint density at radius 2 is 2.00 bits per heavy atom. The number of pyridine rings is 1. The van der Waals surface area contributed by atoms with Crippen LogP contribution in [0.1, 0.15) is 32.0 Å². The van der Waals surface area contributed by atoms with Gasteiger partial charge < -0.3 is 9.64 Å². The van der Waals surface area contributed by atoms with Crippen LogP contribution in [0.4, 0.5) is 20.7 Å². The van der Waals surface area contributed by atoms with Crippen LogP contribution in [0.15, 0.2) is 30.3 Å². The van der Waals surface area contributed by atoms with Gasteiger partial charge in [-0.15, -0.1) is 0 Å². The zero-order chi connectivity index (χ0) is 21.5. The highest BCUT2D eigenvalue weighted by Crippen LogP contribution is 2.30. The molecule has 1 aromatic carbocycles. The fourth-order valence-electron chi connectivity index (χ4n) is 3.11. The normalized spacial score (nSPS) is 16.7. The van der Waals surface area contributed by atoms with Gasteiger partial charge in [0, 0.05) is 18.4 Å². The van der Waals surface area contributed by atoms with E-state index in [1.165, 1.54) is 35.0 Å². The summed E-state index contributed by atoms with van der Waals surface area (Å²) in [5, 5.41) is -0.0899. The number of aromatic nitrogens is 1. The molecular weight excluding hydrogens is 397 g/mol. The molecule has 2 heterocycles. The second-order valence-electron chi connectivity index (χ2n) is 8.06. The summed E-state index contributed by atoms with van der Waals surface area (Å²) in [5.41, 5.74) is 1.97. The van der Waals surface area contributed by atoms with Crippen molar-refractivity contribution in [2.24, 2.45) is 0 Å². The molecule has 2 aromatic rings. The third-order valence-electron chi connectivity index (χ3n) is 4.83. The number of hydrogen-bond donors (Lipinski definition) is 0. The Labute approximate surface area is 174 Å². The Bertz CT molecular complexity index is 974. The SMILES string of the molecule is Cc1cc(C(C)(C)C)cc(N2C(=O)OCC2C(=O)N(C)c2ccc(F)c(Cl)c2)n1. The van der Waals surface area contributed by atoms with Crippen LogP contribution in [-0.4, -0.2) is 36.7 Å². The number of hydrogen-bond acceptors (Lipinski definition) is 4. The van der Waals surface area contributed by atoms with E-state index in [9.17, 15) is 14.0 Å². The number of amides is 2. The summed E-state index contributed by atoms with van der Waals surface area (Å²) in [4.78, 5) is 32.6. The van der Waals surface area contributed by atoms with Crippen LogP contribution in [0.3, 0.4) is 0 Å². The minimum atomic E-state index is -0.890. The number of carbonyl (C=O) groups is 2. The second kappa shape index (κ2) is 7.63. The quantitative estimate of drug-likeness (QED) is 0.736. The lowest BCUT2D eigenvalue weighted by Crippen LogP contribution is -2.47. The summed E-state index contributed by atoms with van der Waals surface area (Å²) >= 11 is 5.84. The number of cyclic esters (lactones) is 1. The lowest BCUT2D eigenvalue weighted by atomic mass is 9.87. The Hall–Kier alpha value is -2.67. The highest BCUT2D eigenvalue weighted by Gasteiger charge is 2.42. The summed E-state index contributed by atoms with van der Waals surface area (Å²) in [6.45, 7) is 7.91. The van der Waals surface area contributed by atoms with Crippen molar-refractivity contribution >= 4 is 35.1 Å². The first-order valence-corrected chi connectivity index (χ1v) is 9.54. The van der Waals surface area contributed by atoms with Crippen molar-refractivity contribution in [3.8, 4) is 0 Å². The van der Waals surface area contributed by atoms with Crippen molar-refractivity contribution in [3.05, 3.63) is 52.4 Å². The standard InChI is InChI=1S/C21H23ClFN3O3/c1-12-8-13(21(2,3)4)9-18(24-12)26-17(11-29-20(26)28)19(27)25(5)14-6-7-16(23)15(22)10-14/h6-10,17H,11H2,1-5H3. The van der Waals surface area contributed by atoms with Crippen LogP contribution in [0.2, 0.25) is 5.02 Å². The third-order valence-corrected chi connectivity index (χ3v) is 5.12. The predicted octanol–water partition coefficient (Wildman–Crippen LogP) is 4.47. The van der Waals surface area contributed by atoms with Gasteiger partial charge in [-0.1, -0.05) is 32.4 Å². The number of halogens is 2. The van der Waals surface area contributed by atoms with Crippen LogP contribution >= 0.6 is 11.6 Å². The summed E-state index contributed by atoms with van der Waals surface area (Å²) in [7, 11) is 1.54. The van der Waals surface area contributed by atoms with Crippen LogP contribution in [0.25, 0.3) is 0 Å². The molecular formula is C21H23ClFN3O3. The van der Waals surface area contributed by atoms with Crippen molar-refractivity contribution in [1.82, 2.24) is 4.98 Å². The van der Waals surface area contributed by atoms with Gasteiger partial charge in [-0.25, -0.2) is 19.1 Å². The predicted molar refractivity (Wildman–Crippen MR) is 110 cm³/mol. The topological polar surface area (TPSA) is 62.7 Å². The van der Waals surface area contributed by atoms with Gasteiger partial charge in [0.1, 0.15) is 18.2 Å². The largest absolute Gasteiger partial charge is 0.446 e. The smallest absolute Gasteiger partial charge is 0.416 e. The Kier molecular flexibility index (Phi) is 5.54. The molecule has 1 atom stereocenters. The molecule has 1 saturated heterocycles. The third kappa shape index (κ3) is 4.19. The van der Waals surface area contributed by atoms with Crippen molar-refractivity contribution < 1.29 is 18.7 Å². The minimum absolute atomic E-state index is 0.0899. The minimum Gasteiger partial charge on any atom is -0.446 e. The lowest BCUT2D eigenvalue weighted by Gasteiger charge is -2.27. The molecule has 0 aliphatic carbocycles. The fourth-order valence-corrected chi connectivity index (χ4v) is 3.28. The molecule has 1 aliphatic rings. The molecule has 6 nitrogen and oxygen atoms in total. The van der Waals surface area contributed by atoms with Gasteiger partial charge in [-0.05, 0) is 48.2 Å². The van der Waals surface area contributed by atoms with Gasteiger partial charge in [0.15, 0.2) is 6.04 Å². The number of ether oxygens (including phenoxy) is 1. The van der Waals surface area contributed by atoms with Crippen LogP contribution in [0.5, 0.6) is 0 Å². The fraction of sp³-hybridized carbons (Fsp3) is 0.381. The maximum Gasteiger partial charge on any atom is 0.416 e. The monoisotopic (exact) mass is 419 g/mol. The molecule has 1 fully saturated rings. The van der Waals surface area contributed by atoms with E-state index in [0.29, 0.717) is 11.5 Å². The first kappa shape index (κ1) is 21.0.